The molecule has 3 fully saturated rings. The van der Waals surface area contributed by atoms with Crippen LogP contribution in [0.15, 0.2) is 23.3 Å². The van der Waals surface area contributed by atoms with Crippen molar-refractivity contribution in [1.82, 2.24) is 35.4 Å². The van der Waals surface area contributed by atoms with Gasteiger partial charge < -0.3 is 19.9 Å². The van der Waals surface area contributed by atoms with Gasteiger partial charge in [-0.3, -0.25) is 24.8 Å². The number of H-pyrrole nitrogens is 2. The standard InChI is InChI=1S/C32H38ClF2N7O4/c33-24-9-25-22(13-38-41-25)26(21(24)4-1-2-7-45-16-20-8-18(15-43)11-36-20)29-27(35)28-23(12-37-29)30(44)40-31(39-28)46-17-32-5-3-6-42(32)14-19(34)10-32/h9,12-13,18-20,36,43H,1-8,10-11,14-17H2,(H,38,41)(H,39,40,44)/t18-,19+,20-,32-/m0/s1. The van der Waals surface area contributed by atoms with Gasteiger partial charge in [0.25, 0.3) is 11.6 Å². The number of aliphatic hydroxyl groups excluding tert-OH is 1. The number of benzene rings is 1. The molecule has 0 bridgehead atoms. The van der Waals surface area contributed by atoms with Crippen molar-refractivity contribution in [2.75, 3.05) is 46.1 Å². The van der Waals surface area contributed by atoms with Gasteiger partial charge in [0.2, 0.25) is 0 Å². The Morgan fingerprint density at radius 2 is 2.13 bits per heavy atom. The number of pyridine rings is 1. The number of unbranched alkanes of at least 4 members (excludes halogenated alkanes) is 1. The van der Waals surface area contributed by atoms with Crippen molar-refractivity contribution in [3.63, 3.8) is 0 Å². The van der Waals surface area contributed by atoms with E-state index in [0.717, 1.165) is 45.2 Å². The smallest absolute Gasteiger partial charge is 0.297 e. The van der Waals surface area contributed by atoms with E-state index in [2.05, 4.69) is 35.4 Å². The number of alkyl halides is 1. The summed E-state index contributed by atoms with van der Waals surface area (Å²) < 4.78 is 42.5. The van der Waals surface area contributed by atoms with Crippen molar-refractivity contribution in [1.29, 1.82) is 0 Å². The van der Waals surface area contributed by atoms with E-state index in [-0.39, 0.29) is 47.8 Å². The lowest BCUT2D eigenvalue weighted by Gasteiger charge is -2.30. The van der Waals surface area contributed by atoms with Crippen molar-refractivity contribution >= 4 is 33.4 Å². The first-order chi connectivity index (χ1) is 22.3. The molecule has 0 aliphatic carbocycles. The molecule has 0 radical (unpaired) electrons. The Hall–Kier alpha value is -3.23. The van der Waals surface area contributed by atoms with Crippen LogP contribution in [-0.2, 0) is 11.2 Å². The third-order valence-corrected chi connectivity index (χ3v) is 10.1. The molecule has 3 saturated heterocycles. The first kappa shape index (κ1) is 31.4. The lowest BCUT2D eigenvalue weighted by Crippen LogP contribution is -2.43. The zero-order valence-corrected chi connectivity index (χ0v) is 26.2. The van der Waals surface area contributed by atoms with Crippen LogP contribution in [-0.4, -0.2) is 99.0 Å². The maximum absolute atomic E-state index is 16.5. The second-order valence-corrected chi connectivity index (χ2v) is 13.3. The number of aromatic nitrogens is 5. The highest BCUT2D eigenvalue weighted by Gasteiger charge is 2.49. The number of nitrogens with one attached hydrogen (secondary N) is 3. The van der Waals surface area contributed by atoms with Crippen LogP contribution in [0.4, 0.5) is 8.78 Å². The predicted molar refractivity (Wildman–Crippen MR) is 170 cm³/mol. The molecule has 7 rings (SSSR count). The van der Waals surface area contributed by atoms with Gasteiger partial charge in [-0.15, -0.1) is 0 Å². The van der Waals surface area contributed by atoms with Gasteiger partial charge in [-0.25, -0.2) is 8.78 Å². The van der Waals surface area contributed by atoms with Crippen molar-refractivity contribution in [3.05, 3.63) is 45.2 Å². The summed E-state index contributed by atoms with van der Waals surface area (Å²) >= 11 is 6.77. The van der Waals surface area contributed by atoms with Gasteiger partial charge in [0, 0.05) is 60.9 Å². The van der Waals surface area contributed by atoms with Gasteiger partial charge >= 0.3 is 0 Å². The number of ether oxygens (including phenoxy) is 2. The molecule has 4 aromatic rings. The molecule has 0 unspecified atom stereocenters. The van der Waals surface area contributed by atoms with Crippen LogP contribution in [0.5, 0.6) is 6.01 Å². The quantitative estimate of drug-likeness (QED) is 0.167. The highest BCUT2D eigenvalue weighted by molar-refractivity contribution is 6.33. The Morgan fingerprint density at radius 3 is 2.98 bits per heavy atom. The van der Waals surface area contributed by atoms with Gasteiger partial charge in [-0.05, 0) is 62.6 Å². The highest BCUT2D eigenvalue weighted by Crippen LogP contribution is 2.41. The lowest BCUT2D eigenvalue weighted by molar-refractivity contribution is 0.107. The normalized spacial score (nSPS) is 24.8. The number of halogens is 3. The fourth-order valence-electron chi connectivity index (χ4n) is 7.46. The van der Waals surface area contributed by atoms with Gasteiger partial charge in [0.1, 0.15) is 24.0 Å². The zero-order chi connectivity index (χ0) is 31.8. The van der Waals surface area contributed by atoms with Crippen LogP contribution in [0.2, 0.25) is 5.02 Å². The van der Waals surface area contributed by atoms with Crippen molar-refractivity contribution in [2.24, 2.45) is 5.92 Å². The van der Waals surface area contributed by atoms with Crippen LogP contribution in [0.3, 0.4) is 0 Å². The second-order valence-electron chi connectivity index (χ2n) is 12.9. The molecule has 4 N–H and O–H groups in total. The summed E-state index contributed by atoms with van der Waals surface area (Å²) in [6.07, 6.45) is 7.04. The molecule has 1 aromatic carbocycles. The maximum atomic E-state index is 16.5. The minimum absolute atomic E-state index is 0.00910. The molecule has 4 atom stereocenters. The number of rotatable bonds is 12. The fourth-order valence-corrected chi connectivity index (χ4v) is 7.75. The minimum Gasteiger partial charge on any atom is -0.463 e. The largest absolute Gasteiger partial charge is 0.463 e. The van der Waals surface area contributed by atoms with Crippen molar-refractivity contribution < 1.29 is 23.4 Å². The Kier molecular flexibility index (Phi) is 8.94. The van der Waals surface area contributed by atoms with Crippen LogP contribution in [0.25, 0.3) is 33.1 Å². The maximum Gasteiger partial charge on any atom is 0.297 e. The summed E-state index contributed by atoms with van der Waals surface area (Å²) in [7, 11) is 0. The Balaban J connectivity index is 1.12. The van der Waals surface area contributed by atoms with E-state index in [1.807, 2.05) is 0 Å². The number of nitrogens with zero attached hydrogens (tertiary/aromatic N) is 4. The molecule has 3 aromatic heterocycles. The summed E-state index contributed by atoms with van der Waals surface area (Å²) in [5, 5.41) is 20.9. The van der Waals surface area contributed by atoms with Crippen LogP contribution < -0.4 is 15.6 Å². The van der Waals surface area contributed by atoms with E-state index in [1.54, 1.807) is 12.3 Å². The predicted octanol–water partition coefficient (Wildman–Crippen LogP) is 3.92. The van der Waals surface area contributed by atoms with Crippen molar-refractivity contribution in [3.8, 4) is 17.3 Å². The lowest BCUT2D eigenvalue weighted by atomic mass is 9.95. The molecule has 246 valence electrons. The fraction of sp³-hybridized carbons (Fsp3) is 0.562. The van der Waals surface area contributed by atoms with E-state index in [1.165, 1.54) is 6.20 Å². The molecule has 14 heteroatoms. The first-order valence-electron chi connectivity index (χ1n) is 16.0. The molecular weight excluding hydrogens is 620 g/mol. The topological polar surface area (TPSA) is 141 Å². The Bertz CT molecular complexity index is 1790. The first-order valence-corrected chi connectivity index (χ1v) is 16.4. The average molecular weight is 658 g/mol. The minimum atomic E-state index is -0.924. The van der Waals surface area contributed by atoms with Crippen LogP contribution in [0, 0.1) is 11.7 Å². The Morgan fingerprint density at radius 1 is 1.24 bits per heavy atom. The monoisotopic (exact) mass is 657 g/mol. The van der Waals surface area contributed by atoms with E-state index in [4.69, 9.17) is 21.1 Å². The van der Waals surface area contributed by atoms with Gasteiger partial charge in [0.05, 0.1) is 29.2 Å². The molecule has 3 aliphatic heterocycles. The van der Waals surface area contributed by atoms with E-state index in [0.29, 0.717) is 59.7 Å². The van der Waals surface area contributed by atoms with Crippen LogP contribution in [0.1, 0.15) is 44.1 Å². The number of hydrogen-bond donors (Lipinski definition) is 4. The molecule has 6 heterocycles. The SMILES string of the molecule is O=c1[nH]c(OC[C@@]23CCCN2C[C@H](F)C3)nc2c(F)c(-c3c(CCCCOC[C@@H]4C[C@H](CO)CN4)c(Cl)cc4[nH]ncc34)ncc12. The summed E-state index contributed by atoms with van der Waals surface area (Å²) in [6.45, 7) is 3.46. The highest BCUT2D eigenvalue weighted by atomic mass is 35.5. The molecule has 0 saturated carbocycles. The molecule has 11 nitrogen and oxygen atoms in total. The number of aliphatic hydroxyl groups is 1. The number of fused-ring (bicyclic) bond motifs is 3. The van der Waals surface area contributed by atoms with Gasteiger partial charge in [0.15, 0.2) is 5.82 Å². The number of aromatic amines is 2. The Labute approximate surface area is 269 Å². The van der Waals surface area contributed by atoms with E-state index >= 15 is 4.39 Å². The molecular formula is C32H38ClF2N7O4. The summed E-state index contributed by atoms with van der Waals surface area (Å²) in [5.41, 5.74) is 0.662. The second kappa shape index (κ2) is 13.1. The van der Waals surface area contributed by atoms with Gasteiger partial charge in [-0.1, -0.05) is 11.6 Å². The molecule has 0 spiro atoms. The van der Waals surface area contributed by atoms with Crippen molar-refractivity contribution in [2.45, 2.75) is 62.7 Å². The van der Waals surface area contributed by atoms with E-state index < -0.39 is 23.1 Å². The molecule has 46 heavy (non-hydrogen) atoms. The zero-order valence-electron chi connectivity index (χ0n) is 25.5. The summed E-state index contributed by atoms with van der Waals surface area (Å²) in [6, 6.07) is 1.90. The molecule has 0 amide bonds. The summed E-state index contributed by atoms with van der Waals surface area (Å²) in [5.74, 6) is -0.484. The van der Waals surface area contributed by atoms with E-state index in [9.17, 15) is 14.3 Å². The summed E-state index contributed by atoms with van der Waals surface area (Å²) in [4.78, 5) is 26.5. The van der Waals surface area contributed by atoms with Crippen LogP contribution >= 0.6 is 11.6 Å². The number of hydrogen-bond acceptors (Lipinski definition) is 9. The average Bonchev–Trinajstić information content (AvgIpc) is 3.83. The van der Waals surface area contributed by atoms with Gasteiger partial charge in [-0.2, -0.15) is 10.1 Å². The third-order valence-electron chi connectivity index (χ3n) is 9.80. The molecule has 3 aliphatic rings. The third kappa shape index (κ3) is 5.99.